The van der Waals surface area contributed by atoms with Gasteiger partial charge in [-0.25, -0.2) is 0 Å². The van der Waals surface area contributed by atoms with Gasteiger partial charge in [0.25, 0.3) is 11.8 Å². The molecule has 0 N–H and O–H groups in total. The number of benzene rings is 1. The highest BCUT2D eigenvalue weighted by Gasteiger charge is 2.37. The van der Waals surface area contributed by atoms with Crippen LogP contribution in [0.5, 0.6) is 5.75 Å². The van der Waals surface area contributed by atoms with E-state index in [-0.39, 0.29) is 16.5 Å². The second-order valence-corrected chi connectivity index (χ2v) is 6.11. The highest BCUT2D eigenvalue weighted by molar-refractivity contribution is 6.55. The third-order valence-electron chi connectivity index (χ3n) is 3.88. The minimum absolute atomic E-state index is 0.0268. The van der Waals surface area contributed by atoms with E-state index >= 15 is 0 Å². The largest absolute Gasteiger partial charge is 0.494 e. The number of ether oxygens (including phenoxy) is 2. The SMILES string of the molecule is CCCCOCCCN1C(=O)C(Cl)=C(c2ccc(OCC)cc2)C1=O. The summed E-state index contributed by atoms with van der Waals surface area (Å²) in [5, 5.41) is -0.0268. The summed E-state index contributed by atoms with van der Waals surface area (Å²) in [7, 11) is 0. The molecule has 0 aliphatic carbocycles. The second kappa shape index (κ2) is 9.59. The van der Waals surface area contributed by atoms with Crippen LogP contribution in [0.15, 0.2) is 29.3 Å². The molecule has 0 unspecified atom stereocenters. The van der Waals surface area contributed by atoms with Gasteiger partial charge in [-0.2, -0.15) is 0 Å². The van der Waals surface area contributed by atoms with Gasteiger partial charge in [-0.15, -0.1) is 0 Å². The van der Waals surface area contributed by atoms with Gasteiger partial charge >= 0.3 is 0 Å². The van der Waals surface area contributed by atoms with Gasteiger partial charge in [0.15, 0.2) is 0 Å². The molecule has 2 rings (SSSR count). The molecule has 1 aromatic carbocycles. The number of hydrogen-bond acceptors (Lipinski definition) is 4. The Morgan fingerprint density at radius 1 is 1.00 bits per heavy atom. The molecule has 0 saturated carbocycles. The van der Waals surface area contributed by atoms with E-state index in [9.17, 15) is 9.59 Å². The summed E-state index contributed by atoms with van der Waals surface area (Å²) < 4.78 is 10.9. The lowest BCUT2D eigenvalue weighted by atomic mass is 10.1. The second-order valence-electron chi connectivity index (χ2n) is 5.73. The maximum atomic E-state index is 12.6. The summed E-state index contributed by atoms with van der Waals surface area (Å²) in [6.07, 6.45) is 2.69. The predicted octanol–water partition coefficient (Wildman–Crippen LogP) is 3.61. The van der Waals surface area contributed by atoms with E-state index in [0.717, 1.165) is 12.8 Å². The Morgan fingerprint density at radius 3 is 2.32 bits per heavy atom. The summed E-state index contributed by atoms with van der Waals surface area (Å²) >= 11 is 6.14. The number of carbonyl (C=O) groups is 2. The molecule has 5 nitrogen and oxygen atoms in total. The van der Waals surface area contributed by atoms with Crippen LogP contribution in [0.2, 0.25) is 0 Å². The van der Waals surface area contributed by atoms with E-state index in [1.165, 1.54) is 4.90 Å². The first kappa shape index (κ1) is 19.5. The minimum Gasteiger partial charge on any atom is -0.494 e. The Labute approximate surface area is 153 Å². The molecule has 25 heavy (non-hydrogen) atoms. The van der Waals surface area contributed by atoms with Gasteiger partial charge in [-0.05, 0) is 37.5 Å². The molecule has 0 bridgehead atoms. The molecule has 0 spiro atoms. The lowest BCUT2D eigenvalue weighted by molar-refractivity contribution is -0.136. The summed E-state index contributed by atoms with van der Waals surface area (Å²) in [5.41, 5.74) is 0.870. The lowest BCUT2D eigenvalue weighted by Gasteiger charge is -2.14. The number of unbranched alkanes of at least 4 members (excludes halogenated alkanes) is 1. The third-order valence-corrected chi connectivity index (χ3v) is 4.23. The third kappa shape index (κ3) is 4.83. The van der Waals surface area contributed by atoms with Crippen molar-refractivity contribution in [2.75, 3.05) is 26.4 Å². The summed E-state index contributed by atoms with van der Waals surface area (Å²) in [6, 6.07) is 7.01. The molecule has 136 valence electrons. The normalized spacial score (nSPS) is 14.6. The summed E-state index contributed by atoms with van der Waals surface area (Å²) in [5.74, 6) is -0.0855. The maximum absolute atomic E-state index is 12.6. The highest BCUT2D eigenvalue weighted by Crippen LogP contribution is 2.32. The number of rotatable bonds is 10. The molecule has 6 heteroatoms. The van der Waals surface area contributed by atoms with Gasteiger partial charge in [0.2, 0.25) is 0 Å². The molecular weight excluding hydrogens is 342 g/mol. The fraction of sp³-hybridized carbons (Fsp3) is 0.474. The van der Waals surface area contributed by atoms with Crippen LogP contribution in [0.1, 0.15) is 38.7 Å². The van der Waals surface area contributed by atoms with Crippen molar-refractivity contribution < 1.29 is 19.1 Å². The Bertz CT molecular complexity index is 639. The van der Waals surface area contributed by atoms with Crippen molar-refractivity contribution in [2.24, 2.45) is 0 Å². The van der Waals surface area contributed by atoms with Crippen LogP contribution in [0.3, 0.4) is 0 Å². The topological polar surface area (TPSA) is 55.8 Å². The van der Waals surface area contributed by atoms with Crippen LogP contribution in [0, 0.1) is 0 Å². The van der Waals surface area contributed by atoms with Gasteiger partial charge in [0, 0.05) is 19.8 Å². The first-order valence-electron chi connectivity index (χ1n) is 8.67. The van der Waals surface area contributed by atoms with Crippen molar-refractivity contribution in [1.29, 1.82) is 0 Å². The number of halogens is 1. The lowest BCUT2D eigenvalue weighted by Crippen LogP contribution is -2.32. The number of carbonyl (C=O) groups excluding carboxylic acids is 2. The van der Waals surface area contributed by atoms with Gasteiger partial charge in [-0.3, -0.25) is 14.5 Å². The minimum atomic E-state index is -0.441. The van der Waals surface area contributed by atoms with E-state index in [4.69, 9.17) is 21.1 Å². The molecule has 1 aromatic rings. The number of amides is 2. The maximum Gasteiger partial charge on any atom is 0.273 e. The van der Waals surface area contributed by atoms with Crippen LogP contribution in [-0.2, 0) is 14.3 Å². The first-order valence-corrected chi connectivity index (χ1v) is 9.04. The van der Waals surface area contributed by atoms with Crippen LogP contribution in [-0.4, -0.2) is 43.1 Å². The zero-order chi connectivity index (χ0) is 18.2. The Hall–Kier alpha value is -1.85. The zero-order valence-electron chi connectivity index (χ0n) is 14.7. The molecule has 0 radical (unpaired) electrons. The van der Waals surface area contributed by atoms with Gasteiger partial charge in [0.1, 0.15) is 10.8 Å². The van der Waals surface area contributed by atoms with Crippen molar-refractivity contribution in [3.63, 3.8) is 0 Å². The highest BCUT2D eigenvalue weighted by atomic mass is 35.5. The Balaban J connectivity index is 1.98. The molecule has 0 fully saturated rings. The Morgan fingerprint density at radius 2 is 1.68 bits per heavy atom. The fourth-order valence-electron chi connectivity index (χ4n) is 2.56. The standard InChI is InChI=1S/C19H24ClNO4/c1-3-5-12-24-13-6-11-21-18(22)16(17(20)19(21)23)14-7-9-15(10-8-14)25-4-2/h7-10H,3-6,11-13H2,1-2H3. The average Bonchev–Trinajstić information content (AvgIpc) is 2.82. The van der Waals surface area contributed by atoms with Gasteiger partial charge in [-0.1, -0.05) is 37.1 Å². The van der Waals surface area contributed by atoms with E-state index < -0.39 is 5.91 Å². The first-order chi connectivity index (χ1) is 12.1. The number of imide groups is 1. The van der Waals surface area contributed by atoms with Gasteiger partial charge < -0.3 is 9.47 Å². The van der Waals surface area contributed by atoms with Crippen LogP contribution < -0.4 is 4.74 Å². The summed E-state index contributed by atoms with van der Waals surface area (Å²) in [4.78, 5) is 26.1. The van der Waals surface area contributed by atoms with E-state index in [1.54, 1.807) is 24.3 Å². The summed E-state index contributed by atoms with van der Waals surface area (Å²) in [6.45, 7) is 6.09. The van der Waals surface area contributed by atoms with Gasteiger partial charge in [0.05, 0.1) is 12.2 Å². The van der Waals surface area contributed by atoms with Crippen molar-refractivity contribution >= 4 is 29.0 Å². The van der Waals surface area contributed by atoms with E-state index in [2.05, 4.69) is 6.92 Å². The zero-order valence-corrected chi connectivity index (χ0v) is 15.5. The molecule has 0 aromatic heterocycles. The number of hydrogen-bond donors (Lipinski definition) is 0. The molecule has 0 saturated heterocycles. The van der Waals surface area contributed by atoms with Crippen LogP contribution >= 0.6 is 11.6 Å². The van der Waals surface area contributed by atoms with E-state index in [0.29, 0.717) is 44.1 Å². The molecule has 1 heterocycles. The smallest absolute Gasteiger partial charge is 0.273 e. The quantitative estimate of drug-likeness (QED) is 0.469. The predicted molar refractivity (Wildman–Crippen MR) is 97.4 cm³/mol. The molecular formula is C19H24ClNO4. The fourth-order valence-corrected chi connectivity index (χ4v) is 2.85. The molecule has 1 aliphatic heterocycles. The monoisotopic (exact) mass is 365 g/mol. The van der Waals surface area contributed by atoms with Crippen molar-refractivity contribution in [3.05, 3.63) is 34.9 Å². The molecule has 1 aliphatic rings. The van der Waals surface area contributed by atoms with E-state index in [1.807, 2.05) is 6.92 Å². The Kier molecular flexibility index (Phi) is 7.47. The molecule has 0 atom stereocenters. The number of nitrogens with zero attached hydrogens (tertiary/aromatic N) is 1. The van der Waals surface area contributed by atoms with Crippen molar-refractivity contribution in [2.45, 2.75) is 33.1 Å². The van der Waals surface area contributed by atoms with Crippen LogP contribution in [0.4, 0.5) is 0 Å². The van der Waals surface area contributed by atoms with Crippen molar-refractivity contribution in [1.82, 2.24) is 4.90 Å². The van der Waals surface area contributed by atoms with Crippen molar-refractivity contribution in [3.8, 4) is 5.75 Å². The van der Waals surface area contributed by atoms with Crippen LogP contribution in [0.25, 0.3) is 5.57 Å². The average molecular weight is 366 g/mol. The molecule has 2 amide bonds.